The van der Waals surface area contributed by atoms with Gasteiger partial charge in [-0.15, -0.1) is 0 Å². The predicted octanol–water partition coefficient (Wildman–Crippen LogP) is 0.689. The molecule has 0 saturated heterocycles. The van der Waals surface area contributed by atoms with Crippen molar-refractivity contribution in [3.63, 3.8) is 0 Å². The molecule has 1 saturated carbocycles. The monoisotopic (exact) mass is 277 g/mol. The predicted molar refractivity (Wildman–Crippen MR) is 74.8 cm³/mol. The minimum Gasteiger partial charge on any atom is -0.393 e. The van der Waals surface area contributed by atoms with E-state index in [0.29, 0.717) is 23.8 Å². The summed E-state index contributed by atoms with van der Waals surface area (Å²) >= 11 is 0. The third kappa shape index (κ3) is 2.40. The van der Waals surface area contributed by atoms with Crippen molar-refractivity contribution in [1.82, 2.24) is 19.6 Å². The van der Waals surface area contributed by atoms with Crippen LogP contribution in [0.25, 0.3) is 5.65 Å². The number of aryl methyl sites for hydroxylation is 1. The molecule has 3 rings (SSSR count). The maximum absolute atomic E-state index is 11.5. The highest BCUT2D eigenvalue weighted by atomic mass is 16.3. The third-order valence-electron chi connectivity index (χ3n) is 3.98. The van der Waals surface area contributed by atoms with E-state index in [1.165, 1.54) is 10.8 Å². The summed E-state index contributed by atoms with van der Waals surface area (Å²) in [6.07, 6.45) is 3.97. The van der Waals surface area contributed by atoms with E-state index in [2.05, 4.69) is 20.5 Å². The van der Waals surface area contributed by atoms with Crippen LogP contribution in [-0.2, 0) is 0 Å². The van der Waals surface area contributed by atoms with Gasteiger partial charge < -0.3 is 10.4 Å². The molecule has 1 aliphatic carbocycles. The molecule has 1 fully saturated rings. The van der Waals surface area contributed by atoms with Crippen molar-refractivity contribution in [2.75, 3.05) is 11.9 Å². The number of aliphatic hydroxyl groups is 1. The average Bonchev–Trinajstić information content (AvgIpc) is 2.80. The first-order chi connectivity index (χ1) is 9.65. The van der Waals surface area contributed by atoms with Gasteiger partial charge in [0.1, 0.15) is 11.6 Å². The van der Waals surface area contributed by atoms with Gasteiger partial charge in [0.05, 0.1) is 6.10 Å². The molecule has 0 amide bonds. The lowest BCUT2D eigenvalue weighted by atomic mass is 9.86. The summed E-state index contributed by atoms with van der Waals surface area (Å²) in [4.78, 5) is 15.9. The van der Waals surface area contributed by atoms with E-state index in [-0.39, 0.29) is 17.7 Å². The Morgan fingerprint density at radius 2 is 2.30 bits per heavy atom. The smallest absolute Gasteiger partial charge is 0.349 e. The van der Waals surface area contributed by atoms with Gasteiger partial charge >= 0.3 is 5.69 Å². The Balaban J connectivity index is 1.76. The minimum absolute atomic E-state index is 0.228. The van der Waals surface area contributed by atoms with Crippen LogP contribution in [0.15, 0.2) is 10.9 Å². The molecule has 20 heavy (non-hydrogen) atoms. The summed E-state index contributed by atoms with van der Waals surface area (Å²) in [5.41, 5.74) is 0.272. The number of aliphatic hydroxyl groups excluding tert-OH is 1. The quantitative estimate of drug-likeness (QED) is 0.767. The maximum atomic E-state index is 11.5. The van der Waals surface area contributed by atoms with Gasteiger partial charge in [-0.2, -0.15) is 5.10 Å². The zero-order valence-corrected chi connectivity index (χ0v) is 11.5. The molecule has 1 aliphatic rings. The number of aromatic amines is 1. The Kier molecular flexibility index (Phi) is 3.43. The minimum atomic E-state index is -0.278. The van der Waals surface area contributed by atoms with Gasteiger partial charge in [-0.1, -0.05) is 12.8 Å². The summed E-state index contributed by atoms with van der Waals surface area (Å²) in [7, 11) is 0. The lowest BCUT2D eigenvalue weighted by Crippen LogP contribution is -2.30. The Morgan fingerprint density at radius 1 is 1.50 bits per heavy atom. The van der Waals surface area contributed by atoms with E-state index >= 15 is 0 Å². The molecule has 0 aliphatic heterocycles. The lowest BCUT2D eigenvalue weighted by Gasteiger charge is -2.27. The molecule has 108 valence electrons. The van der Waals surface area contributed by atoms with Gasteiger partial charge in [0.15, 0.2) is 5.65 Å². The van der Waals surface area contributed by atoms with Crippen molar-refractivity contribution in [3.8, 4) is 0 Å². The molecule has 3 N–H and O–H groups in total. The average molecular weight is 277 g/mol. The van der Waals surface area contributed by atoms with Crippen molar-refractivity contribution >= 4 is 11.5 Å². The SMILES string of the molecule is Cc1nc(NCC2CCCCC2O)cc2n[nH]c(=O)n12. The van der Waals surface area contributed by atoms with Crippen LogP contribution in [0.5, 0.6) is 0 Å². The zero-order chi connectivity index (χ0) is 14.1. The van der Waals surface area contributed by atoms with Crippen molar-refractivity contribution in [3.05, 3.63) is 22.4 Å². The van der Waals surface area contributed by atoms with Crippen LogP contribution in [0.4, 0.5) is 5.82 Å². The molecular formula is C13H19N5O2. The molecule has 0 bridgehead atoms. The second-order valence-corrected chi connectivity index (χ2v) is 5.40. The summed E-state index contributed by atoms with van der Waals surface area (Å²) in [5, 5.41) is 19.6. The molecule has 2 atom stereocenters. The highest BCUT2D eigenvalue weighted by molar-refractivity contribution is 5.49. The van der Waals surface area contributed by atoms with Crippen molar-refractivity contribution < 1.29 is 5.11 Å². The molecule has 7 nitrogen and oxygen atoms in total. The van der Waals surface area contributed by atoms with E-state index in [4.69, 9.17) is 0 Å². The summed E-state index contributed by atoms with van der Waals surface area (Å²) < 4.78 is 1.43. The summed E-state index contributed by atoms with van der Waals surface area (Å²) in [5.74, 6) is 1.54. The number of fused-ring (bicyclic) bond motifs is 1. The van der Waals surface area contributed by atoms with Crippen LogP contribution >= 0.6 is 0 Å². The van der Waals surface area contributed by atoms with E-state index in [0.717, 1.165) is 19.3 Å². The van der Waals surface area contributed by atoms with Crippen LogP contribution in [0.3, 0.4) is 0 Å². The standard InChI is InChI=1S/C13H19N5O2/c1-8-15-11(6-12-16-17-13(20)18(8)12)14-7-9-4-2-3-5-10(9)19/h6,9-10,14,19H,2-5,7H2,1H3,(H,17,20). The highest BCUT2D eigenvalue weighted by Gasteiger charge is 2.22. The number of aromatic nitrogens is 4. The van der Waals surface area contributed by atoms with Crippen LogP contribution in [0.2, 0.25) is 0 Å². The van der Waals surface area contributed by atoms with Crippen LogP contribution < -0.4 is 11.0 Å². The third-order valence-corrected chi connectivity index (χ3v) is 3.98. The van der Waals surface area contributed by atoms with Gasteiger partial charge in [0.25, 0.3) is 0 Å². The Hall–Kier alpha value is -1.89. The Bertz CT molecular complexity index is 662. The largest absolute Gasteiger partial charge is 0.393 e. The molecule has 2 aromatic rings. The summed E-state index contributed by atoms with van der Waals surface area (Å²) in [6, 6.07) is 1.74. The normalized spacial score (nSPS) is 23.1. The second kappa shape index (κ2) is 5.24. The number of nitrogens with zero attached hydrogens (tertiary/aromatic N) is 3. The summed E-state index contributed by atoms with van der Waals surface area (Å²) in [6.45, 7) is 2.46. The molecule has 0 spiro atoms. The lowest BCUT2D eigenvalue weighted by molar-refractivity contribution is 0.0763. The highest BCUT2D eigenvalue weighted by Crippen LogP contribution is 2.24. The van der Waals surface area contributed by atoms with Crippen LogP contribution in [0, 0.1) is 12.8 Å². The maximum Gasteiger partial charge on any atom is 0.349 e. The second-order valence-electron chi connectivity index (χ2n) is 5.40. The van der Waals surface area contributed by atoms with Crippen LogP contribution in [-0.4, -0.2) is 37.3 Å². The molecule has 2 aromatic heterocycles. The van der Waals surface area contributed by atoms with Crippen molar-refractivity contribution in [2.24, 2.45) is 5.92 Å². The van der Waals surface area contributed by atoms with E-state index < -0.39 is 0 Å². The van der Waals surface area contributed by atoms with E-state index in [1.807, 2.05) is 0 Å². The molecule has 0 aromatic carbocycles. The molecular weight excluding hydrogens is 258 g/mol. The fraction of sp³-hybridized carbons (Fsp3) is 0.615. The molecule has 2 heterocycles. The number of hydrogen-bond donors (Lipinski definition) is 3. The number of hydrogen-bond acceptors (Lipinski definition) is 5. The van der Waals surface area contributed by atoms with Crippen molar-refractivity contribution in [1.29, 1.82) is 0 Å². The number of rotatable bonds is 3. The first-order valence-corrected chi connectivity index (χ1v) is 7.02. The molecule has 2 unspecified atom stereocenters. The van der Waals surface area contributed by atoms with Crippen LogP contribution in [0.1, 0.15) is 31.5 Å². The van der Waals surface area contributed by atoms with Gasteiger partial charge in [-0.25, -0.2) is 19.3 Å². The number of H-pyrrole nitrogens is 1. The molecule has 7 heteroatoms. The van der Waals surface area contributed by atoms with Crippen molar-refractivity contribution in [2.45, 2.75) is 38.7 Å². The first-order valence-electron chi connectivity index (χ1n) is 7.02. The first kappa shape index (κ1) is 13.1. The van der Waals surface area contributed by atoms with E-state index in [1.54, 1.807) is 13.0 Å². The van der Waals surface area contributed by atoms with E-state index in [9.17, 15) is 9.90 Å². The molecule has 0 radical (unpaired) electrons. The van der Waals surface area contributed by atoms with Gasteiger partial charge in [0.2, 0.25) is 0 Å². The van der Waals surface area contributed by atoms with Gasteiger partial charge in [0, 0.05) is 18.5 Å². The zero-order valence-electron chi connectivity index (χ0n) is 11.5. The topological polar surface area (TPSA) is 95.3 Å². The number of nitrogens with one attached hydrogen (secondary N) is 2. The fourth-order valence-corrected chi connectivity index (χ4v) is 2.85. The Labute approximate surface area is 116 Å². The Morgan fingerprint density at radius 3 is 3.10 bits per heavy atom. The fourth-order valence-electron chi connectivity index (χ4n) is 2.85. The number of anilines is 1. The van der Waals surface area contributed by atoms with Gasteiger partial charge in [-0.05, 0) is 19.8 Å². The van der Waals surface area contributed by atoms with Gasteiger partial charge in [-0.3, -0.25) is 0 Å².